The summed E-state index contributed by atoms with van der Waals surface area (Å²) in [6.45, 7) is 6.28. The first-order valence-corrected chi connectivity index (χ1v) is 6.64. The smallest absolute Gasteiger partial charge is 0.236 e. The molecule has 0 aromatic heterocycles. The van der Waals surface area contributed by atoms with E-state index >= 15 is 0 Å². The van der Waals surface area contributed by atoms with Gasteiger partial charge in [0.05, 0.1) is 6.54 Å². The van der Waals surface area contributed by atoms with Gasteiger partial charge >= 0.3 is 0 Å². The standard InChI is InChI=1S/C15H24N2O/c1-4-17(3)15(18)12-16-11-10-13(2)14-8-6-5-7-9-14/h5-9,13,16H,4,10-12H2,1-3H3. The van der Waals surface area contributed by atoms with Gasteiger partial charge in [-0.05, 0) is 31.4 Å². The zero-order valence-corrected chi connectivity index (χ0v) is 11.6. The molecule has 18 heavy (non-hydrogen) atoms. The number of hydrogen-bond donors (Lipinski definition) is 1. The molecule has 3 heteroatoms. The molecule has 1 aromatic rings. The summed E-state index contributed by atoms with van der Waals surface area (Å²) in [5.74, 6) is 0.683. The van der Waals surface area contributed by atoms with E-state index in [0.29, 0.717) is 12.5 Å². The third-order valence-corrected chi connectivity index (χ3v) is 3.30. The molecule has 0 bridgehead atoms. The van der Waals surface area contributed by atoms with E-state index in [1.54, 1.807) is 4.90 Å². The van der Waals surface area contributed by atoms with Gasteiger partial charge in [0, 0.05) is 13.6 Å². The Balaban J connectivity index is 2.20. The lowest BCUT2D eigenvalue weighted by molar-refractivity contribution is -0.128. The van der Waals surface area contributed by atoms with Crippen molar-refractivity contribution in [1.82, 2.24) is 10.2 Å². The Morgan fingerprint density at radius 1 is 1.33 bits per heavy atom. The molecule has 0 spiro atoms. The monoisotopic (exact) mass is 248 g/mol. The molecule has 0 radical (unpaired) electrons. The lowest BCUT2D eigenvalue weighted by atomic mass is 9.98. The van der Waals surface area contributed by atoms with Crippen LogP contribution in [0.3, 0.4) is 0 Å². The summed E-state index contributed by atoms with van der Waals surface area (Å²) in [6.07, 6.45) is 1.05. The summed E-state index contributed by atoms with van der Waals surface area (Å²) in [7, 11) is 1.83. The highest BCUT2D eigenvalue weighted by molar-refractivity contribution is 5.77. The van der Waals surface area contributed by atoms with Gasteiger partial charge in [-0.15, -0.1) is 0 Å². The first-order valence-electron chi connectivity index (χ1n) is 6.64. The van der Waals surface area contributed by atoms with Crippen molar-refractivity contribution in [2.45, 2.75) is 26.2 Å². The van der Waals surface area contributed by atoms with Crippen LogP contribution in [0.5, 0.6) is 0 Å². The molecule has 100 valence electrons. The van der Waals surface area contributed by atoms with Crippen molar-refractivity contribution >= 4 is 5.91 Å². The maximum atomic E-state index is 11.6. The molecule has 1 atom stereocenters. The minimum absolute atomic E-state index is 0.157. The Bertz CT molecular complexity index is 351. The molecule has 1 rings (SSSR count). The van der Waals surface area contributed by atoms with Crippen molar-refractivity contribution in [2.24, 2.45) is 0 Å². The van der Waals surface area contributed by atoms with Crippen LogP contribution < -0.4 is 5.32 Å². The molecule has 1 unspecified atom stereocenters. The predicted octanol–water partition coefficient (Wildman–Crippen LogP) is 2.25. The lowest BCUT2D eigenvalue weighted by Crippen LogP contribution is -2.35. The normalized spacial score (nSPS) is 12.2. The number of likely N-dealkylation sites (N-methyl/N-ethyl adjacent to an activating group) is 1. The van der Waals surface area contributed by atoms with E-state index in [0.717, 1.165) is 19.5 Å². The fraction of sp³-hybridized carbons (Fsp3) is 0.533. The zero-order valence-electron chi connectivity index (χ0n) is 11.6. The SMILES string of the molecule is CCN(C)C(=O)CNCCC(C)c1ccccc1. The molecule has 0 aliphatic rings. The van der Waals surface area contributed by atoms with E-state index in [9.17, 15) is 4.79 Å². The number of carbonyl (C=O) groups is 1. The quantitative estimate of drug-likeness (QED) is 0.751. The van der Waals surface area contributed by atoms with Crippen LogP contribution in [0.25, 0.3) is 0 Å². The molecule has 0 aliphatic carbocycles. The Kier molecular flexibility index (Phi) is 6.44. The fourth-order valence-corrected chi connectivity index (χ4v) is 1.77. The van der Waals surface area contributed by atoms with Gasteiger partial charge in [-0.25, -0.2) is 0 Å². The number of rotatable bonds is 7. The molecule has 0 aliphatic heterocycles. The van der Waals surface area contributed by atoms with Crippen molar-refractivity contribution in [1.29, 1.82) is 0 Å². The Labute approximate surface area is 110 Å². The second-order valence-electron chi connectivity index (χ2n) is 4.69. The molecule has 1 amide bonds. The van der Waals surface area contributed by atoms with Crippen LogP contribution in [-0.2, 0) is 4.79 Å². The summed E-state index contributed by atoms with van der Waals surface area (Å²) >= 11 is 0. The molecule has 0 fully saturated rings. The van der Waals surface area contributed by atoms with Crippen molar-refractivity contribution < 1.29 is 4.79 Å². The highest BCUT2D eigenvalue weighted by Gasteiger charge is 2.07. The van der Waals surface area contributed by atoms with Crippen molar-refractivity contribution in [3.8, 4) is 0 Å². The molecule has 1 aromatic carbocycles. The summed E-state index contributed by atoms with van der Waals surface area (Å²) in [5.41, 5.74) is 1.36. The summed E-state index contributed by atoms with van der Waals surface area (Å²) in [6, 6.07) is 10.5. The number of amides is 1. The Hall–Kier alpha value is -1.35. The summed E-state index contributed by atoms with van der Waals surface area (Å²) < 4.78 is 0. The maximum absolute atomic E-state index is 11.6. The van der Waals surface area contributed by atoms with Crippen molar-refractivity contribution in [2.75, 3.05) is 26.7 Å². The lowest BCUT2D eigenvalue weighted by Gasteiger charge is -2.16. The number of hydrogen-bond acceptors (Lipinski definition) is 2. The van der Waals surface area contributed by atoms with Crippen molar-refractivity contribution in [3.63, 3.8) is 0 Å². The minimum atomic E-state index is 0.157. The van der Waals surface area contributed by atoms with Gasteiger partial charge in [-0.1, -0.05) is 37.3 Å². The van der Waals surface area contributed by atoms with Gasteiger partial charge in [-0.3, -0.25) is 4.79 Å². The minimum Gasteiger partial charge on any atom is -0.345 e. The van der Waals surface area contributed by atoms with Crippen LogP contribution in [-0.4, -0.2) is 37.5 Å². The number of carbonyl (C=O) groups excluding carboxylic acids is 1. The first kappa shape index (κ1) is 14.7. The van der Waals surface area contributed by atoms with Gasteiger partial charge in [0.25, 0.3) is 0 Å². The third-order valence-electron chi connectivity index (χ3n) is 3.30. The average molecular weight is 248 g/mol. The summed E-state index contributed by atoms with van der Waals surface area (Å²) in [4.78, 5) is 13.3. The highest BCUT2D eigenvalue weighted by atomic mass is 16.2. The Morgan fingerprint density at radius 3 is 2.61 bits per heavy atom. The molecule has 0 saturated heterocycles. The predicted molar refractivity (Wildman–Crippen MR) is 75.7 cm³/mol. The second-order valence-corrected chi connectivity index (χ2v) is 4.69. The van der Waals surface area contributed by atoms with Crippen molar-refractivity contribution in [3.05, 3.63) is 35.9 Å². The second kappa shape index (κ2) is 7.88. The van der Waals surface area contributed by atoms with Crippen LogP contribution in [0.1, 0.15) is 31.7 Å². The molecule has 1 N–H and O–H groups in total. The number of nitrogens with one attached hydrogen (secondary N) is 1. The van der Waals surface area contributed by atoms with Crippen LogP contribution in [0.2, 0.25) is 0 Å². The van der Waals surface area contributed by atoms with Crippen LogP contribution >= 0.6 is 0 Å². The highest BCUT2D eigenvalue weighted by Crippen LogP contribution is 2.17. The molecular weight excluding hydrogens is 224 g/mol. The zero-order chi connectivity index (χ0) is 13.4. The first-order chi connectivity index (χ1) is 8.65. The van der Waals surface area contributed by atoms with E-state index in [-0.39, 0.29) is 5.91 Å². The third kappa shape index (κ3) is 4.88. The topological polar surface area (TPSA) is 32.3 Å². The molecule has 0 saturated carbocycles. The summed E-state index contributed by atoms with van der Waals surface area (Å²) in [5, 5.41) is 3.21. The maximum Gasteiger partial charge on any atom is 0.236 e. The van der Waals surface area contributed by atoms with Gasteiger partial charge < -0.3 is 10.2 Å². The average Bonchev–Trinajstić information content (AvgIpc) is 2.43. The van der Waals surface area contributed by atoms with Crippen LogP contribution in [0, 0.1) is 0 Å². The van der Waals surface area contributed by atoms with Crippen LogP contribution in [0.15, 0.2) is 30.3 Å². The van der Waals surface area contributed by atoms with E-state index in [1.165, 1.54) is 5.56 Å². The molecule has 0 heterocycles. The number of benzene rings is 1. The van der Waals surface area contributed by atoms with Gasteiger partial charge in [-0.2, -0.15) is 0 Å². The van der Waals surface area contributed by atoms with Gasteiger partial charge in [0.15, 0.2) is 0 Å². The fourth-order valence-electron chi connectivity index (χ4n) is 1.77. The van der Waals surface area contributed by atoms with E-state index in [1.807, 2.05) is 20.0 Å². The largest absolute Gasteiger partial charge is 0.345 e. The number of nitrogens with zero attached hydrogens (tertiary/aromatic N) is 1. The van der Waals surface area contributed by atoms with Crippen LogP contribution in [0.4, 0.5) is 0 Å². The molecular formula is C15H24N2O. The van der Waals surface area contributed by atoms with E-state index < -0.39 is 0 Å². The Morgan fingerprint density at radius 2 is 2.00 bits per heavy atom. The molecule has 3 nitrogen and oxygen atoms in total. The van der Waals surface area contributed by atoms with E-state index in [2.05, 4.69) is 36.5 Å². The van der Waals surface area contributed by atoms with Gasteiger partial charge in [0.1, 0.15) is 0 Å². The van der Waals surface area contributed by atoms with E-state index in [4.69, 9.17) is 0 Å². The van der Waals surface area contributed by atoms with Gasteiger partial charge in [0.2, 0.25) is 5.91 Å².